The van der Waals surface area contributed by atoms with Crippen molar-refractivity contribution in [2.45, 2.75) is 57.3 Å². The zero-order valence-corrected chi connectivity index (χ0v) is 10.2. The van der Waals surface area contributed by atoms with Crippen LogP contribution in [0.25, 0.3) is 0 Å². The van der Waals surface area contributed by atoms with Gasteiger partial charge in [0, 0.05) is 31.3 Å². The molecule has 1 heterocycles. The Morgan fingerprint density at radius 3 is 2.53 bits per heavy atom. The molecule has 0 radical (unpaired) electrons. The van der Waals surface area contributed by atoms with E-state index in [0.717, 1.165) is 12.6 Å². The van der Waals surface area contributed by atoms with E-state index in [1.807, 2.05) is 0 Å². The maximum Gasteiger partial charge on any atom is 0.0604 e. The van der Waals surface area contributed by atoms with Crippen molar-refractivity contribution in [3.05, 3.63) is 0 Å². The third-order valence-electron chi connectivity index (χ3n) is 3.86. The summed E-state index contributed by atoms with van der Waals surface area (Å²) in [5.41, 5.74) is 0. The molecule has 2 fully saturated rings. The highest BCUT2D eigenvalue weighted by Crippen LogP contribution is 2.25. The molecule has 2 unspecified atom stereocenters. The van der Waals surface area contributed by atoms with Gasteiger partial charge in [-0.2, -0.15) is 0 Å². The fraction of sp³-hybridized carbons (Fsp3) is 1.00. The van der Waals surface area contributed by atoms with E-state index in [4.69, 9.17) is 4.74 Å². The van der Waals surface area contributed by atoms with Gasteiger partial charge in [-0.05, 0) is 40.2 Å². The van der Waals surface area contributed by atoms with E-state index >= 15 is 0 Å². The predicted molar refractivity (Wildman–Crippen MR) is 62.1 cm³/mol. The van der Waals surface area contributed by atoms with Crippen molar-refractivity contribution in [3.63, 3.8) is 0 Å². The van der Waals surface area contributed by atoms with Gasteiger partial charge in [-0.3, -0.25) is 0 Å². The normalized spacial score (nSPS) is 41.8. The molecule has 15 heavy (non-hydrogen) atoms. The van der Waals surface area contributed by atoms with Crippen LogP contribution in [-0.4, -0.2) is 49.3 Å². The second-order valence-corrected chi connectivity index (χ2v) is 5.13. The van der Waals surface area contributed by atoms with Crippen molar-refractivity contribution < 1.29 is 4.74 Å². The molecular weight excluding hydrogens is 188 g/mol. The van der Waals surface area contributed by atoms with Gasteiger partial charge in [0.15, 0.2) is 0 Å². The molecule has 1 N–H and O–H groups in total. The molecule has 3 nitrogen and oxygen atoms in total. The zero-order chi connectivity index (χ0) is 10.8. The molecule has 3 heteroatoms. The Hall–Kier alpha value is -0.120. The lowest BCUT2D eigenvalue weighted by molar-refractivity contribution is -0.0120. The molecule has 2 aliphatic rings. The highest BCUT2D eigenvalue weighted by molar-refractivity contribution is 4.92. The maximum absolute atomic E-state index is 5.56. The van der Waals surface area contributed by atoms with Crippen LogP contribution in [0.3, 0.4) is 0 Å². The molecule has 0 aromatic heterocycles. The van der Waals surface area contributed by atoms with Crippen LogP contribution in [0.5, 0.6) is 0 Å². The molecule has 0 aromatic carbocycles. The van der Waals surface area contributed by atoms with Crippen LogP contribution >= 0.6 is 0 Å². The van der Waals surface area contributed by atoms with Gasteiger partial charge in [0.2, 0.25) is 0 Å². The highest BCUT2D eigenvalue weighted by atomic mass is 16.5. The minimum atomic E-state index is 0.532. The van der Waals surface area contributed by atoms with E-state index in [0.29, 0.717) is 18.2 Å². The first-order valence-electron chi connectivity index (χ1n) is 6.27. The van der Waals surface area contributed by atoms with Crippen molar-refractivity contribution in [1.29, 1.82) is 0 Å². The van der Waals surface area contributed by atoms with Gasteiger partial charge in [0.25, 0.3) is 0 Å². The summed E-state index contributed by atoms with van der Waals surface area (Å²) in [6.07, 6.45) is 4.25. The number of ether oxygens (including phenoxy) is 1. The largest absolute Gasteiger partial charge is 0.378 e. The van der Waals surface area contributed by atoms with Crippen LogP contribution in [0.15, 0.2) is 0 Å². The Balaban J connectivity index is 1.64. The van der Waals surface area contributed by atoms with Gasteiger partial charge < -0.3 is 15.0 Å². The lowest BCUT2D eigenvalue weighted by Crippen LogP contribution is -2.50. The van der Waals surface area contributed by atoms with Gasteiger partial charge in [-0.1, -0.05) is 0 Å². The second-order valence-electron chi connectivity index (χ2n) is 5.13. The Morgan fingerprint density at radius 1 is 1.27 bits per heavy atom. The van der Waals surface area contributed by atoms with Crippen molar-refractivity contribution >= 4 is 0 Å². The molecule has 1 saturated heterocycles. The molecule has 88 valence electrons. The van der Waals surface area contributed by atoms with Gasteiger partial charge >= 0.3 is 0 Å². The number of likely N-dealkylation sites (N-methyl/N-ethyl adjacent to an activating group) is 1. The first-order chi connectivity index (χ1) is 7.19. The minimum Gasteiger partial charge on any atom is -0.378 e. The summed E-state index contributed by atoms with van der Waals surface area (Å²) in [7, 11) is 2.22. The van der Waals surface area contributed by atoms with Crippen LogP contribution in [-0.2, 0) is 4.74 Å². The number of nitrogens with one attached hydrogen (secondary N) is 1. The molecule has 2 atom stereocenters. The average molecular weight is 212 g/mol. The van der Waals surface area contributed by atoms with Gasteiger partial charge in [-0.25, -0.2) is 0 Å². The smallest absolute Gasteiger partial charge is 0.0604 e. The minimum absolute atomic E-state index is 0.532. The first kappa shape index (κ1) is 11.4. The van der Waals surface area contributed by atoms with E-state index in [1.54, 1.807) is 0 Å². The standard InChI is InChI=1S/C12H24N2O/c1-4-15-12-6-10(7-12)13-11-5-9(2)14(3)8-11/h9-13H,4-8H2,1-3H3. The van der Waals surface area contributed by atoms with Crippen LogP contribution in [0.1, 0.15) is 33.1 Å². The summed E-state index contributed by atoms with van der Waals surface area (Å²) in [4.78, 5) is 2.44. The fourth-order valence-electron chi connectivity index (χ4n) is 2.72. The van der Waals surface area contributed by atoms with E-state index in [1.165, 1.54) is 25.8 Å². The van der Waals surface area contributed by atoms with Crippen LogP contribution in [0.4, 0.5) is 0 Å². The molecule has 1 aliphatic heterocycles. The molecule has 0 aromatic rings. The second kappa shape index (κ2) is 4.81. The highest BCUT2D eigenvalue weighted by Gasteiger charge is 2.34. The van der Waals surface area contributed by atoms with Gasteiger partial charge in [0.1, 0.15) is 0 Å². The third-order valence-corrected chi connectivity index (χ3v) is 3.86. The summed E-state index contributed by atoms with van der Waals surface area (Å²) in [5, 5.41) is 3.74. The number of rotatable bonds is 4. The van der Waals surface area contributed by atoms with Crippen molar-refractivity contribution in [1.82, 2.24) is 10.2 Å². The van der Waals surface area contributed by atoms with E-state index in [2.05, 4.69) is 31.1 Å². The van der Waals surface area contributed by atoms with E-state index < -0.39 is 0 Å². The maximum atomic E-state index is 5.56. The van der Waals surface area contributed by atoms with Crippen molar-refractivity contribution in [2.75, 3.05) is 20.2 Å². The third kappa shape index (κ3) is 2.71. The lowest BCUT2D eigenvalue weighted by Gasteiger charge is -2.37. The van der Waals surface area contributed by atoms with Crippen LogP contribution in [0.2, 0.25) is 0 Å². The Kier molecular flexibility index (Phi) is 3.65. The van der Waals surface area contributed by atoms with E-state index in [9.17, 15) is 0 Å². The van der Waals surface area contributed by atoms with Gasteiger partial charge in [0.05, 0.1) is 6.10 Å². The van der Waals surface area contributed by atoms with Crippen molar-refractivity contribution in [2.24, 2.45) is 0 Å². The quantitative estimate of drug-likeness (QED) is 0.759. The molecule has 1 aliphatic carbocycles. The molecule has 2 rings (SSSR count). The number of hydrogen-bond donors (Lipinski definition) is 1. The SMILES string of the molecule is CCOC1CC(NC2CC(C)N(C)C2)C1. The number of nitrogens with zero attached hydrogens (tertiary/aromatic N) is 1. The molecule has 0 amide bonds. The van der Waals surface area contributed by atoms with Crippen molar-refractivity contribution in [3.8, 4) is 0 Å². The topological polar surface area (TPSA) is 24.5 Å². The van der Waals surface area contributed by atoms with Crippen LogP contribution < -0.4 is 5.32 Å². The summed E-state index contributed by atoms with van der Waals surface area (Å²) < 4.78 is 5.56. The Labute approximate surface area is 93.2 Å². The fourth-order valence-corrected chi connectivity index (χ4v) is 2.72. The van der Waals surface area contributed by atoms with Gasteiger partial charge in [-0.15, -0.1) is 0 Å². The molecule has 0 spiro atoms. The summed E-state index contributed by atoms with van der Waals surface area (Å²) >= 11 is 0. The zero-order valence-electron chi connectivity index (χ0n) is 10.2. The molecule has 0 bridgehead atoms. The first-order valence-corrected chi connectivity index (χ1v) is 6.27. The number of hydrogen-bond acceptors (Lipinski definition) is 3. The summed E-state index contributed by atoms with van der Waals surface area (Å²) in [6, 6.07) is 2.16. The predicted octanol–water partition coefficient (Wildman–Crippen LogP) is 1.24. The Bertz CT molecular complexity index is 194. The monoisotopic (exact) mass is 212 g/mol. The molecule has 1 saturated carbocycles. The molecular formula is C12H24N2O. The summed E-state index contributed by atoms with van der Waals surface area (Å²) in [5.74, 6) is 0. The summed E-state index contributed by atoms with van der Waals surface area (Å²) in [6.45, 7) is 6.46. The van der Waals surface area contributed by atoms with Crippen LogP contribution in [0, 0.1) is 0 Å². The Morgan fingerprint density at radius 2 is 2.00 bits per heavy atom. The average Bonchev–Trinajstić information content (AvgIpc) is 2.43. The number of likely N-dealkylation sites (tertiary alicyclic amines) is 1. The van der Waals surface area contributed by atoms with E-state index in [-0.39, 0.29) is 0 Å². The lowest BCUT2D eigenvalue weighted by atomic mass is 9.88.